The summed E-state index contributed by atoms with van der Waals surface area (Å²) in [7, 11) is 0. The molecule has 0 spiro atoms. The summed E-state index contributed by atoms with van der Waals surface area (Å²) in [6.45, 7) is 1.43. The van der Waals surface area contributed by atoms with Gasteiger partial charge in [0.15, 0.2) is 11.6 Å². The Balaban J connectivity index is 1.76. The molecule has 1 aromatic heterocycles. The Morgan fingerprint density at radius 2 is 1.92 bits per heavy atom. The maximum atomic E-state index is 13.7. The van der Waals surface area contributed by atoms with Crippen molar-refractivity contribution in [2.45, 2.75) is 13.3 Å². The Kier molecular flexibility index (Phi) is 4.33. The van der Waals surface area contributed by atoms with E-state index in [1.165, 1.54) is 19.1 Å². The number of halogens is 2. The van der Waals surface area contributed by atoms with Crippen molar-refractivity contribution in [1.82, 2.24) is 10.1 Å². The van der Waals surface area contributed by atoms with Crippen molar-refractivity contribution >= 4 is 11.6 Å². The van der Waals surface area contributed by atoms with Gasteiger partial charge in [-0.25, -0.2) is 8.78 Å². The van der Waals surface area contributed by atoms with Crippen molar-refractivity contribution in [2.75, 3.05) is 5.32 Å². The molecule has 0 saturated heterocycles. The maximum Gasteiger partial charge on any atom is 0.231 e. The molecule has 0 unspecified atom stereocenters. The lowest BCUT2D eigenvalue weighted by atomic mass is 10.1. The number of benzene rings is 2. The molecule has 122 valence electrons. The lowest BCUT2D eigenvalue weighted by Gasteiger charge is -2.02. The van der Waals surface area contributed by atoms with Gasteiger partial charge in [-0.05, 0) is 29.8 Å². The van der Waals surface area contributed by atoms with Gasteiger partial charge in [0, 0.05) is 12.6 Å². The molecule has 1 N–H and O–H groups in total. The fourth-order valence-corrected chi connectivity index (χ4v) is 2.20. The lowest BCUT2D eigenvalue weighted by Crippen LogP contribution is -2.05. The average molecular weight is 329 g/mol. The van der Waals surface area contributed by atoms with E-state index in [1.807, 2.05) is 0 Å². The zero-order valence-electron chi connectivity index (χ0n) is 12.7. The van der Waals surface area contributed by atoms with Gasteiger partial charge in [0.05, 0.1) is 12.0 Å². The van der Waals surface area contributed by atoms with Gasteiger partial charge < -0.3 is 9.84 Å². The van der Waals surface area contributed by atoms with Crippen LogP contribution in [0.2, 0.25) is 0 Å². The van der Waals surface area contributed by atoms with E-state index in [9.17, 15) is 13.6 Å². The summed E-state index contributed by atoms with van der Waals surface area (Å²) in [5.41, 5.74) is 1.50. The molecule has 0 saturated carbocycles. The predicted molar refractivity (Wildman–Crippen MR) is 83.2 cm³/mol. The largest absolute Gasteiger partial charge is 0.339 e. The van der Waals surface area contributed by atoms with Crippen LogP contribution in [0.3, 0.4) is 0 Å². The molecule has 0 fully saturated rings. The van der Waals surface area contributed by atoms with Crippen LogP contribution in [0.1, 0.15) is 18.4 Å². The zero-order valence-corrected chi connectivity index (χ0v) is 12.7. The molecule has 7 heteroatoms. The third-order valence-electron chi connectivity index (χ3n) is 3.29. The summed E-state index contributed by atoms with van der Waals surface area (Å²) >= 11 is 0. The van der Waals surface area contributed by atoms with Gasteiger partial charge in [-0.2, -0.15) is 4.98 Å². The van der Waals surface area contributed by atoms with E-state index < -0.39 is 11.6 Å². The van der Waals surface area contributed by atoms with E-state index in [0.29, 0.717) is 12.1 Å². The molecule has 0 aliphatic rings. The van der Waals surface area contributed by atoms with E-state index in [1.54, 1.807) is 24.3 Å². The van der Waals surface area contributed by atoms with Crippen LogP contribution in [0, 0.1) is 11.6 Å². The van der Waals surface area contributed by atoms with Gasteiger partial charge in [-0.3, -0.25) is 4.79 Å². The average Bonchev–Trinajstić information content (AvgIpc) is 3.00. The Hall–Kier alpha value is -3.09. The van der Waals surface area contributed by atoms with Gasteiger partial charge in [-0.15, -0.1) is 0 Å². The lowest BCUT2D eigenvalue weighted by molar-refractivity contribution is -0.114. The number of nitrogens with zero attached hydrogens (tertiary/aromatic N) is 2. The monoisotopic (exact) mass is 329 g/mol. The highest BCUT2D eigenvalue weighted by atomic mass is 19.2. The Morgan fingerprint density at radius 3 is 2.62 bits per heavy atom. The Morgan fingerprint density at radius 1 is 1.17 bits per heavy atom. The highest BCUT2D eigenvalue weighted by molar-refractivity contribution is 5.88. The first-order valence-electron chi connectivity index (χ1n) is 7.16. The third-order valence-corrected chi connectivity index (χ3v) is 3.29. The number of carbonyl (C=O) groups is 1. The first kappa shape index (κ1) is 15.8. The van der Waals surface area contributed by atoms with Gasteiger partial charge in [0.1, 0.15) is 0 Å². The van der Waals surface area contributed by atoms with Crippen molar-refractivity contribution in [3.05, 3.63) is 65.6 Å². The predicted octanol–water partition coefficient (Wildman–Crippen LogP) is 3.56. The second kappa shape index (κ2) is 6.57. The normalized spacial score (nSPS) is 10.6. The van der Waals surface area contributed by atoms with E-state index in [0.717, 1.165) is 11.6 Å². The van der Waals surface area contributed by atoms with Crippen LogP contribution in [0.5, 0.6) is 0 Å². The molecule has 0 bridgehead atoms. The summed E-state index contributed by atoms with van der Waals surface area (Å²) in [4.78, 5) is 15.1. The standard InChI is InChI=1S/C17H13F2N3O2/c1-10(23)20-12-7-5-11(6-8-12)9-15-21-17(22-24-15)13-3-2-4-14(18)16(13)19/h2-8H,9H2,1H3,(H,20,23). The van der Waals surface area contributed by atoms with Gasteiger partial charge in [0.2, 0.25) is 17.6 Å². The molecule has 2 aromatic carbocycles. The number of rotatable bonds is 4. The molecule has 3 rings (SSSR count). The number of hydrogen-bond donors (Lipinski definition) is 1. The Labute approximate surface area is 136 Å². The molecule has 0 aliphatic heterocycles. The fraction of sp³-hybridized carbons (Fsp3) is 0.118. The van der Waals surface area contributed by atoms with E-state index in [-0.39, 0.29) is 23.2 Å². The SMILES string of the molecule is CC(=O)Nc1ccc(Cc2nc(-c3cccc(F)c3F)no2)cc1. The van der Waals surface area contributed by atoms with E-state index >= 15 is 0 Å². The summed E-state index contributed by atoms with van der Waals surface area (Å²) in [6.07, 6.45) is 0.338. The molecule has 0 atom stereocenters. The van der Waals surface area contributed by atoms with Crippen molar-refractivity contribution in [1.29, 1.82) is 0 Å². The molecule has 1 amide bonds. The molecule has 5 nitrogen and oxygen atoms in total. The second-order valence-corrected chi connectivity index (χ2v) is 5.17. The number of nitrogens with one attached hydrogen (secondary N) is 1. The molecule has 24 heavy (non-hydrogen) atoms. The van der Waals surface area contributed by atoms with Crippen molar-refractivity contribution < 1.29 is 18.1 Å². The second-order valence-electron chi connectivity index (χ2n) is 5.17. The van der Waals surface area contributed by atoms with Gasteiger partial charge >= 0.3 is 0 Å². The first-order chi connectivity index (χ1) is 11.5. The third kappa shape index (κ3) is 3.45. The highest BCUT2D eigenvalue weighted by Gasteiger charge is 2.15. The first-order valence-corrected chi connectivity index (χ1v) is 7.16. The van der Waals surface area contributed by atoms with Crippen LogP contribution in [-0.4, -0.2) is 16.0 Å². The number of anilines is 1. The topological polar surface area (TPSA) is 68.0 Å². The van der Waals surface area contributed by atoms with Crippen molar-refractivity contribution in [3.8, 4) is 11.4 Å². The van der Waals surface area contributed by atoms with Crippen LogP contribution >= 0.6 is 0 Å². The summed E-state index contributed by atoms with van der Waals surface area (Å²) in [5, 5.41) is 6.36. The minimum absolute atomic E-state index is 0.00290. The zero-order chi connectivity index (χ0) is 17.1. The number of aromatic nitrogens is 2. The summed E-state index contributed by atoms with van der Waals surface area (Å²) < 4.78 is 32.1. The molecular weight excluding hydrogens is 316 g/mol. The van der Waals surface area contributed by atoms with Crippen molar-refractivity contribution in [3.63, 3.8) is 0 Å². The van der Waals surface area contributed by atoms with Crippen LogP contribution < -0.4 is 5.32 Å². The summed E-state index contributed by atoms with van der Waals surface area (Å²) in [5.74, 6) is -1.85. The van der Waals surface area contributed by atoms with Crippen LogP contribution in [-0.2, 0) is 11.2 Å². The Bertz CT molecular complexity index is 876. The van der Waals surface area contributed by atoms with Crippen molar-refractivity contribution in [2.24, 2.45) is 0 Å². The molecule has 3 aromatic rings. The fourth-order valence-electron chi connectivity index (χ4n) is 2.20. The maximum absolute atomic E-state index is 13.7. The van der Waals surface area contributed by atoms with Crippen LogP contribution in [0.15, 0.2) is 47.0 Å². The minimum atomic E-state index is -1.01. The number of amides is 1. The smallest absolute Gasteiger partial charge is 0.231 e. The molecule has 0 aliphatic carbocycles. The van der Waals surface area contributed by atoms with Crippen LogP contribution in [0.4, 0.5) is 14.5 Å². The van der Waals surface area contributed by atoms with Gasteiger partial charge in [0.25, 0.3) is 0 Å². The molecule has 1 heterocycles. The minimum Gasteiger partial charge on any atom is -0.339 e. The van der Waals surface area contributed by atoms with E-state index in [2.05, 4.69) is 15.5 Å². The number of hydrogen-bond acceptors (Lipinski definition) is 4. The molecular formula is C17H13F2N3O2. The van der Waals surface area contributed by atoms with E-state index in [4.69, 9.17) is 4.52 Å². The van der Waals surface area contributed by atoms with Crippen LogP contribution in [0.25, 0.3) is 11.4 Å². The highest BCUT2D eigenvalue weighted by Crippen LogP contribution is 2.22. The molecule has 0 radical (unpaired) electrons. The van der Waals surface area contributed by atoms with Gasteiger partial charge in [-0.1, -0.05) is 23.4 Å². The number of carbonyl (C=O) groups excluding carboxylic acids is 1. The summed E-state index contributed by atoms with van der Waals surface area (Å²) in [6, 6.07) is 10.9. The quantitative estimate of drug-likeness (QED) is 0.794.